The van der Waals surface area contributed by atoms with Crippen molar-refractivity contribution < 1.29 is 9.59 Å². The van der Waals surface area contributed by atoms with Crippen LogP contribution in [0.4, 0.5) is 5.69 Å². The molecule has 2 aromatic heterocycles. The predicted octanol–water partition coefficient (Wildman–Crippen LogP) is 3.91. The number of nitrogens with zero attached hydrogens (tertiary/aromatic N) is 5. The molecule has 220 valence electrons. The largest absolute Gasteiger partial charge is 0.330 e. The van der Waals surface area contributed by atoms with Gasteiger partial charge in [-0.25, -0.2) is 4.90 Å². The van der Waals surface area contributed by atoms with Crippen molar-refractivity contribution in [3.63, 3.8) is 0 Å². The quantitative estimate of drug-likeness (QED) is 0.215. The van der Waals surface area contributed by atoms with Crippen LogP contribution in [0.15, 0.2) is 66.9 Å². The highest BCUT2D eigenvalue weighted by atomic mass is 16.2. The number of aryl methyl sites for hydroxylation is 1. The monoisotopic (exact) mass is 577 g/mol. The van der Waals surface area contributed by atoms with E-state index in [1.54, 1.807) is 24.3 Å². The molecule has 6 N–H and O–H groups in total. The molecule has 0 radical (unpaired) electrons. The second-order valence-electron chi connectivity index (χ2n) is 11.3. The van der Waals surface area contributed by atoms with Crippen LogP contribution in [0, 0.1) is 18.8 Å². The summed E-state index contributed by atoms with van der Waals surface area (Å²) in [5.74, 6) is -0.0697. The predicted molar refractivity (Wildman–Crippen MR) is 165 cm³/mol. The number of nitrogens with two attached hydrogens (primary N) is 2. The molecule has 0 bridgehead atoms. The van der Waals surface area contributed by atoms with Crippen LogP contribution in [-0.2, 0) is 16.0 Å². The van der Waals surface area contributed by atoms with E-state index in [-0.39, 0.29) is 11.8 Å². The Hall–Kier alpha value is -4.74. The lowest BCUT2D eigenvalue weighted by atomic mass is 9.81. The zero-order valence-corrected chi connectivity index (χ0v) is 24.0. The Balaban J connectivity index is 1.23. The SMILES string of the molecule is Cc1ccc2[nH]ncc2c1-c1ccc(C[C@H](N)C(=O)N(C(=O)C2CCC(CN)CC2)c2ccc(-c3nn[nH]n3)cc2)cc1. The molecule has 1 aliphatic rings. The Labute approximate surface area is 249 Å². The van der Waals surface area contributed by atoms with E-state index in [2.05, 4.69) is 43.8 Å². The van der Waals surface area contributed by atoms with E-state index in [0.717, 1.165) is 46.0 Å². The lowest BCUT2D eigenvalue weighted by Gasteiger charge is -2.32. The average molecular weight is 578 g/mol. The number of aromatic nitrogens is 6. The number of imide groups is 1. The Morgan fingerprint density at radius 2 is 1.70 bits per heavy atom. The van der Waals surface area contributed by atoms with E-state index in [0.29, 0.717) is 48.8 Å². The van der Waals surface area contributed by atoms with Crippen LogP contribution in [0.2, 0.25) is 0 Å². The van der Waals surface area contributed by atoms with Crippen molar-refractivity contribution in [3.8, 4) is 22.5 Å². The van der Waals surface area contributed by atoms with Gasteiger partial charge in [0.2, 0.25) is 11.7 Å². The standard InChI is InChI=1S/C32H35N9O2/c1-19-2-15-28-26(18-35-36-28)29(19)22-7-3-20(4-8-22)16-27(34)32(43)41(31(42)24-9-5-21(17-33)6-10-24)25-13-11-23(12-14-25)30-37-39-40-38-30/h2-4,7-8,11-15,18,21,24,27H,5-6,9-10,16-17,33-34H2,1H3,(H,35,36)(H,37,38,39,40)/t21?,24?,27-/m0/s1. The number of nitrogens with one attached hydrogen (secondary N) is 2. The van der Waals surface area contributed by atoms with Crippen LogP contribution in [0.25, 0.3) is 33.4 Å². The fourth-order valence-electron chi connectivity index (χ4n) is 6.06. The summed E-state index contributed by atoms with van der Waals surface area (Å²) in [6.45, 7) is 2.69. The number of aromatic amines is 2. The van der Waals surface area contributed by atoms with Crippen molar-refractivity contribution in [1.29, 1.82) is 0 Å². The molecule has 0 saturated heterocycles. The van der Waals surface area contributed by atoms with Gasteiger partial charge in [0.1, 0.15) is 0 Å². The molecule has 1 atom stereocenters. The highest BCUT2D eigenvalue weighted by Gasteiger charge is 2.35. The molecule has 1 fully saturated rings. The first-order chi connectivity index (χ1) is 20.9. The Kier molecular flexibility index (Phi) is 8.08. The fourth-order valence-corrected chi connectivity index (χ4v) is 6.06. The van der Waals surface area contributed by atoms with E-state index >= 15 is 0 Å². The third-order valence-corrected chi connectivity index (χ3v) is 8.55. The van der Waals surface area contributed by atoms with Crippen LogP contribution in [-0.4, -0.2) is 55.2 Å². The smallest absolute Gasteiger partial charge is 0.251 e. The third-order valence-electron chi connectivity index (χ3n) is 8.55. The van der Waals surface area contributed by atoms with Gasteiger partial charge in [0, 0.05) is 16.9 Å². The van der Waals surface area contributed by atoms with Crippen molar-refractivity contribution in [3.05, 3.63) is 78.0 Å². The minimum atomic E-state index is -0.911. The number of carbonyl (C=O) groups is 2. The molecule has 2 amide bonds. The number of hydrogen-bond donors (Lipinski definition) is 4. The van der Waals surface area contributed by atoms with Crippen molar-refractivity contribution in [2.24, 2.45) is 23.3 Å². The molecule has 0 aliphatic heterocycles. The lowest BCUT2D eigenvalue weighted by molar-refractivity contribution is -0.130. The van der Waals surface area contributed by atoms with Crippen LogP contribution in [0.1, 0.15) is 36.8 Å². The van der Waals surface area contributed by atoms with E-state index in [1.807, 2.05) is 36.5 Å². The molecule has 43 heavy (non-hydrogen) atoms. The van der Waals surface area contributed by atoms with Gasteiger partial charge in [-0.15, -0.1) is 10.2 Å². The summed E-state index contributed by atoms with van der Waals surface area (Å²) < 4.78 is 0. The first kappa shape index (κ1) is 28.4. The number of amides is 2. The summed E-state index contributed by atoms with van der Waals surface area (Å²) in [5, 5.41) is 22.3. The fraction of sp³-hybridized carbons (Fsp3) is 0.312. The maximum absolute atomic E-state index is 13.9. The zero-order valence-electron chi connectivity index (χ0n) is 24.0. The molecule has 0 unspecified atom stereocenters. The number of fused-ring (bicyclic) bond motifs is 1. The zero-order chi connectivity index (χ0) is 29.9. The Morgan fingerprint density at radius 3 is 2.37 bits per heavy atom. The second kappa shape index (κ2) is 12.2. The molecule has 11 nitrogen and oxygen atoms in total. The summed E-state index contributed by atoms with van der Waals surface area (Å²) in [7, 11) is 0. The van der Waals surface area contributed by atoms with Crippen molar-refractivity contribution in [2.75, 3.05) is 11.4 Å². The van der Waals surface area contributed by atoms with Gasteiger partial charge in [-0.3, -0.25) is 14.7 Å². The summed E-state index contributed by atoms with van der Waals surface area (Å²) in [6, 6.07) is 18.2. The van der Waals surface area contributed by atoms with Gasteiger partial charge in [-0.1, -0.05) is 30.3 Å². The second-order valence-corrected chi connectivity index (χ2v) is 11.3. The summed E-state index contributed by atoms with van der Waals surface area (Å²) in [4.78, 5) is 29.1. The molecule has 0 spiro atoms. The van der Waals surface area contributed by atoms with E-state index < -0.39 is 11.9 Å². The maximum Gasteiger partial charge on any atom is 0.251 e. The topological polar surface area (TPSA) is 173 Å². The van der Waals surface area contributed by atoms with Gasteiger partial charge in [0.15, 0.2) is 0 Å². The Morgan fingerprint density at radius 1 is 0.977 bits per heavy atom. The van der Waals surface area contributed by atoms with E-state index in [4.69, 9.17) is 11.5 Å². The summed E-state index contributed by atoms with van der Waals surface area (Å²) in [6.07, 6.45) is 5.27. The molecule has 1 aliphatic carbocycles. The van der Waals surface area contributed by atoms with Crippen molar-refractivity contribution in [1.82, 2.24) is 30.8 Å². The molecule has 2 heterocycles. The van der Waals surface area contributed by atoms with Gasteiger partial charge < -0.3 is 11.5 Å². The minimum absolute atomic E-state index is 0.220. The van der Waals surface area contributed by atoms with E-state index in [1.165, 1.54) is 4.90 Å². The summed E-state index contributed by atoms with van der Waals surface area (Å²) in [5.41, 5.74) is 18.8. The number of H-pyrrole nitrogens is 2. The lowest BCUT2D eigenvalue weighted by Crippen LogP contribution is -2.50. The van der Waals surface area contributed by atoms with Crippen LogP contribution in [0.5, 0.6) is 0 Å². The van der Waals surface area contributed by atoms with Gasteiger partial charge in [-0.2, -0.15) is 10.3 Å². The number of hydrogen-bond acceptors (Lipinski definition) is 8. The van der Waals surface area contributed by atoms with Gasteiger partial charge in [0.05, 0.1) is 23.4 Å². The van der Waals surface area contributed by atoms with Crippen molar-refractivity contribution in [2.45, 2.75) is 45.1 Å². The molecule has 5 aromatic rings. The molecule has 6 rings (SSSR count). The highest BCUT2D eigenvalue weighted by molar-refractivity contribution is 6.17. The number of benzene rings is 3. The molecular weight excluding hydrogens is 542 g/mol. The average Bonchev–Trinajstić information content (AvgIpc) is 3.75. The number of carbonyl (C=O) groups excluding carboxylic acids is 2. The summed E-state index contributed by atoms with van der Waals surface area (Å²) >= 11 is 0. The van der Waals surface area contributed by atoms with E-state index in [9.17, 15) is 9.59 Å². The first-order valence-corrected chi connectivity index (χ1v) is 14.6. The van der Waals surface area contributed by atoms with Crippen LogP contribution < -0.4 is 16.4 Å². The molecule has 3 aromatic carbocycles. The van der Waals surface area contributed by atoms with Crippen molar-refractivity contribution >= 4 is 28.4 Å². The van der Waals surface area contributed by atoms with Crippen LogP contribution >= 0.6 is 0 Å². The minimum Gasteiger partial charge on any atom is -0.330 e. The Bertz CT molecular complexity index is 1700. The van der Waals surface area contributed by atoms with Gasteiger partial charge in [0.25, 0.3) is 5.91 Å². The highest BCUT2D eigenvalue weighted by Crippen LogP contribution is 2.33. The first-order valence-electron chi connectivity index (χ1n) is 14.6. The normalized spacial score (nSPS) is 17.6. The molecular formula is C32H35N9O2. The van der Waals surface area contributed by atoms with Gasteiger partial charge >= 0.3 is 0 Å². The number of anilines is 1. The third kappa shape index (κ3) is 5.81. The van der Waals surface area contributed by atoms with Crippen LogP contribution in [0.3, 0.4) is 0 Å². The maximum atomic E-state index is 13.9. The number of tetrazole rings is 1. The molecule has 11 heteroatoms. The number of rotatable bonds is 8. The molecule has 1 saturated carbocycles. The van der Waals surface area contributed by atoms with Gasteiger partial charge in [-0.05, 0) is 109 Å².